The average molecular weight is 478 g/mol. The lowest BCUT2D eigenvalue weighted by Gasteiger charge is -2.11. The van der Waals surface area contributed by atoms with Crippen LogP contribution in [-0.2, 0) is 18.1 Å². The Morgan fingerprint density at radius 1 is 0.727 bits per heavy atom. The van der Waals surface area contributed by atoms with E-state index in [1.165, 1.54) is 30.0 Å². The zero-order chi connectivity index (χ0) is 23.6. The van der Waals surface area contributed by atoms with Gasteiger partial charge < -0.3 is 0 Å². The van der Waals surface area contributed by atoms with Crippen LogP contribution in [0.1, 0.15) is 16.7 Å². The Hall–Kier alpha value is -3.20. The summed E-state index contributed by atoms with van der Waals surface area (Å²) in [5.74, 6) is 0.294. The van der Waals surface area contributed by atoms with Crippen LogP contribution in [0.5, 0.6) is 0 Å². The summed E-state index contributed by atoms with van der Waals surface area (Å²) in [5.41, 5.74) is 0.756. The van der Waals surface area contributed by atoms with Crippen LogP contribution >= 0.6 is 11.8 Å². The highest BCUT2D eigenvalue weighted by atomic mass is 32.2. The fraction of sp³-hybridized carbons (Fsp3) is 0.125. The number of benzene rings is 3. The lowest BCUT2D eigenvalue weighted by molar-refractivity contribution is -0.138. The predicted octanol–water partition coefficient (Wildman–Crippen LogP) is 7.87. The molecule has 33 heavy (non-hydrogen) atoms. The highest BCUT2D eigenvalue weighted by Crippen LogP contribution is 2.34. The summed E-state index contributed by atoms with van der Waals surface area (Å²) in [4.78, 5) is 4.59. The van der Waals surface area contributed by atoms with E-state index in [4.69, 9.17) is 0 Å². The minimum absolute atomic E-state index is 0.287. The molecule has 170 valence electrons. The Balaban J connectivity index is 1.67. The Morgan fingerprint density at radius 2 is 1.39 bits per heavy atom. The smallest absolute Gasteiger partial charge is 0.294 e. The molecule has 4 rings (SSSR count). The van der Waals surface area contributed by atoms with E-state index in [9.17, 15) is 26.3 Å². The van der Waals surface area contributed by atoms with Crippen LogP contribution in [0, 0.1) is 0 Å². The molecule has 0 unspecified atom stereocenters. The fourth-order valence-corrected chi connectivity index (χ4v) is 4.12. The van der Waals surface area contributed by atoms with Crippen molar-refractivity contribution in [3.8, 4) is 16.9 Å². The molecule has 0 aliphatic rings. The second kappa shape index (κ2) is 8.97. The molecule has 2 nitrogen and oxygen atoms in total. The van der Waals surface area contributed by atoms with Gasteiger partial charge in [0.2, 0.25) is 0 Å². The first-order chi connectivity index (χ1) is 15.6. The number of alkyl halides is 6. The standard InChI is InChI=1S/C24H16F6N2S/c25-23(26,27)18-11-9-16(10-12-18)15-33-22-31-21(17-5-2-1-3-6-17)14-32(22)20-8-4-7-19(13-20)24(28,29)30/h1-14H,15H2. The van der Waals surface area contributed by atoms with Crippen LogP contribution in [0.4, 0.5) is 26.3 Å². The van der Waals surface area contributed by atoms with Crippen molar-refractivity contribution in [3.63, 3.8) is 0 Å². The Labute approximate surface area is 189 Å². The van der Waals surface area contributed by atoms with Gasteiger partial charge in [-0.25, -0.2) is 4.98 Å². The first-order valence-electron chi connectivity index (χ1n) is 9.72. The first kappa shape index (κ1) is 23.0. The second-order valence-corrected chi connectivity index (χ2v) is 8.12. The van der Waals surface area contributed by atoms with Gasteiger partial charge in [0.05, 0.1) is 16.8 Å². The van der Waals surface area contributed by atoms with E-state index in [0.29, 0.717) is 22.2 Å². The molecule has 0 saturated heterocycles. The predicted molar refractivity (Wildman–Crippen MR) is 115 cm³/mol. The van der Waals surface area contributed by atoms with Gasteiger partial charge >= 0.3 is 12.4 Å². The number of rotatable bonds is 5. The summed E-state index contributed by atoms with van der Waals surface area (Å²) in [6, 6.07) is 18.8. The van der Waals surface area contributed by atoms with Gasteiger partial charge in [-0.15, -0.1) is 0 Å². The lowest BCUT2D eigenvalue weighted by atomic mass is 10.1. The molecule has 0 radical (unpaired) electrons. The lowest BCUT2D eigenvalue weighted by Crippen LogP contribution is -2.06. The monoisotopic (exact) mass is 478 g/mol. The third-order valence-corrected chi connectivity index (χ3v) is 5.87. The summed E-state index contributed by atoms with van der Waals surface area (Å²) in [5, 5.41) is 0.424. The summed E-state index contributed by atoms with van der Waals surface area (Å²) in [6.45, 7) is 0. The summed E-state index contributed by atoms with van der Waals surface area (Å²) in [6.07, 6.45) is -7.26. The maximum atomic E-state index is 13.2. The number of thioether (sulfide) groups is 1. The number of hydrogen-bond donors (Lipinski definition) is 0. The highest BCUT2D eigenvalue weighted by molar-refractivity contribution is 7.98. The third kappa shape index (κ3) is 5.42. The van der Waals surface area contributed by atoms with Crippen molar-refractivity contribution in [3.05, 3.63) is 102 Å². The number of aromatic nitrogens is 2. The largest absolute Gasteiger partial charge is 0.416 e. The van der Waals surface area contributed by atoms with Crippen LogP contribution in [0.2, 0.25) is 0 Å². The van der Waals surface area contributed by atoms with E-state index >= 15 is 0 Å². The van der Waals surface area contributed by atoms with Gasteiger partial charge in [-0.05, 0) is 35.9 Å². The average Bonchev–Trinajstić information content (AvgIpc) is 3.22. The minimum atomic E-state index is -4.49. The topological polar surface area (TPSA) is 17.8 Å². The van der Waals surface area contributed by atoms with Crippen molar-refractivity contribution in [2.24, 2.45) is 0 Å². The van der Waals surface area contributed by atoms with Gasteiger partial charge in [0.15, 0.2) is 5.16 Å². The van der Waals surface area contributed by atoms with Crippen molar-refractivity contribution >= 4 is 11.8 Å². The summed E-state index contributed by atoms with van der Waals surface area (Å²) in [7, 11) is 0. The van der Waals surface area contributed by atoms with Crippen LogP contribution in [-0.4, -0.2) is 9.55 Å². The molecule has 0 N–H and O–H groups in total. The molecular weight excluding hydrogens is 462 g/mol. The molecule has 4 aromatic rings. The Kier molecular flexibility index (Phi) is 6.25. The minimum Gasteiger partial charge on any atom is -0.294 e. The molecule has 0 bridgehead atoms. The van der Waals surface area contributed by atoms with Crippen molar-refractivity contribution in [2.75, 3.05) is 0 Å². The quantitative estimate of drug-likeness (QED) is 0.215. The van der Waals surface area contributed by atoms with Crippen molar-refractivity contribution in [1.82, 2.24) is 9.55 Å². The fourth-order valence-electron chi connectivity index (χ4n) is 3.17. The molecule has 0 spiro atoms. The van der Waals surface area contributed by atoms with Gasteiger partial charge in [-0.1, -0.05) is 60.3 Å². The zero-order valence-electron chi connectivity index (χ0n) is 16.9. The van der Waals surface area contributed by atoms with Gasteiger partial charge in [0.1, 0.15) is 0 Å². The number of halogens is 6. The van der Waals surface area contributed by atoms with Gasteiger partial charge in [-0.3, -0.25) is 4.57 Å². The van der Waals surface area contributed by atoms with Gasteiger partial charge in [0, 0.05) is 23.2 Å². The Morgan fingerprint density at radius 3 is 2.03 bits per heavy atom. The van der Waals surface area contributed by atoms with Crippen molar-refractivity contribution < 1.29 is 26.3 Å². The molecule has 0 aliphatic heterocycles. The third-order valence-electron chi connectivity index (χ3n) is 4.84. The van der Waals surface area contributed by atoms with Crippen molar-refractivity contribution in [1.29, 1.82) is 0 Å². The molecule has 9 heteroatoms. The highest BCUT2D eigenvalue weighted by Gasteiger charge is 2.31. The van der Waals surface area contributed by atoms with Crippen LogP contribution in [0.3, 0.4) is 0 Å². The van der Waals surface area contributed by atoms with E-state index in [2.05, 4.69) is 4.98 Å². The van der Waals surface area contributed by atoms with Crippen LogP contribution in [0.25, 0.3) is 16.9 Å². The number of nitrogens with zero attached hydrogens (tertiary/aromatic N) is 2. The molecule has 0 aliphatic carbocycles. The molecule has 0 saturated carbocycles. The maximum Gasteiger partial charge on any atom is 0.416 e. The van der Waals surface area contributed by atoms with E-state index in [0.717, 1.165) is 29.8 Å². The SMILES string of the molecule is FC(F)(F)c1ccc(CSc2nc(-c3ccccc3)cn2-c2cccc(C(F)(F)F)c2)cc1. The molecule has 0 atom stereocenters. The van der Waals surface area contributed by atoms with Crippen LogP contribution < -0.4 is 0 Å². The molecule has 0 amide bonds. The van der Waals surface area contributed by atoms with E-state index < -0.39 is 23.5 Å². The van der Waals surface area contributed by atoms with Gasteiger partial charge in [-0.2, -0.15) is 26.3 Å². The van der Waals surface area contributed by atoms with E-state index in [1.54, 1.807) is 16.8 Å². The zero-order valence-corrected chi connectivity index (χ0v) is 17.7. The molecule has 0 fully saturated rings. The second-order valence-electron chi connectivity index (χ2n) is 7.18. The van der Waals surface area contributed by atoms with Crippen molar-refractivity contribution in [2.45, 2.75) is 23.3 Å². The van der Waals surface area contributed by atoms with E-state index in [-0.39, 0.29) is 5.69 Å². The molecule has 1 aromatic heterocycles. The summed E-state index contributed by atoms with van der Waals surface area (Å²) < 4.78 is 79.6. The van der Waals surface area contributed by atoms with Crippen LogP contribution in [0.15, 0.2) is 90.2 Å². The van der Waals surface area contributed by atoms with E-state index in [1.807, 2.05) is 30.3 Å². The molecular formula is C24H16F6N2S. The maximum absolute atomic E-state index is 13.2. The normalized spacial score (nSPS) is 12.2. The summed E-state index contributed by atoms with van der Waals surface area (Å²) >= 11 is 1.23. The molecule has 1 heterocycles. The van der Waals surface area contributed by atoms with Gasteiger partial charge in [0.25, 0.3) is 0 Å². The number of imidazole rings is 1. The molecule has 3 aromatic carbocycles. The Bertz CT molecular complexity index is 1230. The first-order valence-corrected chi connectivity index (χ1v) is 10.7. The number of hydrogen-bond acceptors (Lipinski definition) is 2.